The summed E-state index contributed by atoms with van der Waals surface area (Å²) in [7, 11) is 0. The lowest BCUT2D eigenvalue weighted by atomic mass is 10.0. The second-order valence-corrected chi connectivity index (χ2v) is 7.11. The van der Waals surface area contributed by atoms with Gasteiger partial charge in [-0.05, 0) is 24.3 Å². The molecule has 8 nitrogen and oxygen atoms in total. The van der Waals surface area contributed by atoms with Gasteiger partial charge in [0, 0.05) is 48.9 Å². The van der Waals surface area contributed by atoms with E-state index in [0.29, 0.717) is 24.2 Å². The van der Waals surface area contributed by atoms with Gasteiger partial charge in [0.2, 0.25) is 0 Å². The number of piperazine rings is 1. The monoisotopic (exact) mass is 422 g/mol. The van der Waals surface area contributed by atoms with Gasteiger partial charge >= 0.3 is 0 Å². The number of nitrogens with zero attached hydrogens (tertiary/aromatic N) is 3. The van der Waals surface area contributed by atoms with Crippen molar-refractivity contribution >= 4 is 34.7 Å². The van der Waals surface area contributed by atoms with Crippen LogP contribution in [0.2, 0.25) is 0 Å². The number of nitrogens with one attached hydrogen (secondary N) is 1. The van der Waals surface area contributed by atoms with Crippen molar-refractivity contribution in [2.45, 2.75) is 0 Å². The predicted molar refractivity (Wildman–Crippen MR) is 111 cm³/mol. The number of halogens is 1. The molecular weight excluding hydrogens is 403 g/mol. The summed E-state index contributed by atoms with van der Waals surface area (Å²) < 4.78 is 14.4. The normalized spacial score (nSPS) is 14.4. The molecule has 31 heavy (non-hydrogen) atoms. The maximum absolute atomic E-state index is 14.4. The molecule has 1 aromatic heterocycles. The van der Waals surface area contributed by atoms with E-state index in [4.69, 9.17) is 5.21 Å². The maximum Gasteiger partial charge on any atom is 0.295 e. The van der Waals surface area contributed by atoms with Crippen LogP contribution in [0.5, 0.6) is 0 Å². The highest BCUT2D eigenvalue weighted by Gasteiger charge is 2.30. The van der Waals surface area contributed by atoms with E-state index < -0.39 is 17.5 Å². The van der Waals surface area contributed by atoms with Gasteiger partial charge in [0.05, 0.1) is 17.3 Å². The molecule has 1 saturated heterocycles. The molecule has 9 heteroatoms. The van der Waals surface area contributed by atoms with Crippen LogP contribution in [0.3, 0.4) is 0 Å². The third-order valence-electron chi connectivity index (χ3n) is 5.33. The number of hydrogen-bond donors (Lipinski definition) is 2. The van der Waals surface area contributed by atoms with Crippen molar-refractivity contribution in [2.24, 2.45) is 5.16 Å². The van der Waals surface area contributed by atoms with Crippen LogP contribution in [0.1, 0.15) is 26.3 Å². The molecule has 1 aliphatic heterocycles. The average molecular weight is 422 g/mol. The molecule has 4 rings (SSSR count). The molecule has 1 fully saturated rings. The van der Waals surface area contributed by atoms with E-state index in [1.807, 2.05) is 6.07 Å². The molecule has 1 aliphatic rings. The summed E-state index contributed by atoms with van der Waals surface area (Å²) in [4.78, 5) is 43.9. The van der Waals surface area contributed by atoms with E-state index in [-0.39, 0.29) is 35.5 Å². The number of oxime groups is 1. The maximum atomic E-state index is 14.4. The topological polar surface area (TPSA) is 106 Å². The van der Waals surface area contributed by atoms with Gasteiger partial charge in [-0.25, -0.2) is 4.39 Å². The number of amides is 2. The van der Waals surface area contributed by atoms with E-state index >= 15 is 0 Å². The molecule has 0 aliphatic carbocycles. The number of fused-ring (bicyclic) bond motifs is 1. The summed E-state index contributed by atoms with van der Waals surface area (Å²) in [6.07, 6.45) is 2.38. The van der Waals surface area contributed by atoms with Crippen molar-refractivity contribution in [1.29, 1.82) is 0 Å². The largest absolute Gasteiger partial charge is 0.411 e. The van der Waals surface area contributed by atoms with Crippen LogP contribution in [0.25, 0.3) is 10.9 Å². The number of carbonyl (C=O) groups is 3. The second-order valence-electron chi connectivity index (χ2n) is 7.11. The van der Waals surface area contributed by atoms with Crippen LogP contribution in [-0.2, 0) is 4.79 Å². The highest BCUT2D eigenvalue weighted by molar-refractivity contribution is 6.45. The molecule has 2 amide bonds. The Hall–Kier alpha value is -4.01. The minimum Gasteiger partial charge on any atom is -0.411 e. The predicted octanol–water partition coefficient (Wildman–Crippen LogP) is 2.28. The van der Waals surface area contributed by atoms with Crippen LogP contribution in [0.15, 0.2) is 53.8 Å². The fourth-order valence-corrected chi connectivity index (χ4v) is 3.71. The Morgan fingerprint density at radius 3 is 2.35 bits per heavy atom. The van der Waals surface area contributed by atoms with E-state index in [1.54, 1.807) is 29.2 Å². The van der Waals surface area contributed by atoms with Crippen molar-refractivity contribution in [1.82, 2.24) is 14.8 Å². The highest BCUT2D eigenvalue weighted by Crippen LogP contribution is 2.25. The van der Waals surface area contributed by atoms with Crippen LogP contribution < -0.4 is 0 Å². The van der Waals surface area contributed by atoms with Crippen molar-refractivity contribution in [3.63, 3.8) is 0 Å². The lowest BCUT2D eigenvalue weighted by Crippen LogP contribution is -2.52. The standard InChI is InChI=1S/C22H19FN4O4/c23-17-7-6-15(12-25-31)19-18(17)16(13-24-19)20(28)22(30)27-10-8-26(9-11-27)21(29)14-4-2-1-3-5-14/h1-7,12-13,24,31H,8-11H2/b25-12-. The van der Waals surface area contributed by atoms with E-state index in [1.165, 1.54) is 17.2 Å². The molecule has 2 heterocycles. The summed E-state index contributed by atoms with van der Waals surface area (Å²) in [5.74, 6) is -2.39. The number of carbonyl (C=O) groups excluding carboxylic acids is 3. The molecule has 0 radical (unpaired) electrons. The minimum absolute atomic E-state index is 0.0337. The zero-order valence-electron chi connectivity index (χ0n) is 16.4. The van der Waals surface area contributed by atoms with E-state index in [9.17, 15) is 18.8 Å². The summed E-state index contributed by atoms with van der Waals surface area (Å²) in [6, 6.07) is 11.4. The summed E-state index contributed by atoms with van der Waals surface area (Å²) in [5, 5.41) is 11.7. The first-order chi connectivity index (χ1) is 15.0. The smallest absolute Gasteiger partial charge is 0.295 e. The number of aromatic amines is 1. The van der Waals surface area contributed by atoms with Gasteiger partial charge in [-0.15, -0.1) is 0 Å². The van der Waals surface area contributed by atoms with Crippen LogP contribution in [0.4, 0.5) is 4.39 Å². The first-order valence-electron chi connectivity index (χ1n) is 9.66. The third kappa shape index (κ3) is 3.77. The molecule has 0 spiro atoms. The number of aromatic nitrogens is 1. The molecule has 0 unspecified atom stereocenters. The fourth-order valence-electron chi connectivity index (χ4n) is 3.71. The number of H-pyrrole nitrogens is 1. The number of benzene rings is 2. The third-order valence-corrected chi connectivity index (χ3v) is 5.33. The summed E-state index contributed by atoms with van der Waals surface area (Å²) in [5.41, 5.74) is 1.11. The van der Waals surface area contributed by atoms with Crippen molar-refractivity contribution in [3.8, 4) is 0 Å². The first kappa shape index (κ1) is 20.3. The number of ketones is 1. The fraction of sp³-hybridized carbons (Fsp3) is 0.182. The Balaban J connectivity index is 1.49. The summed E-state index contributed by atoms with van der Waals surface area (Å²) >= 11 is 0. The van der Waals surface area contributed by atoms with E-state index in [2.05, 4.69) is 10.1 Å². The number of Topliss-reactive ketones (excluding diaryl/α,β-unsaturated/α-hetero) is 1. The van der Waals surface area contributed by atoms with Crippen molar-refractivity contribution < 1.29 is 24.0 Å². The minimum atomic E-state index is -0.842. The molecule has 2 aromatic carbocycles. The lowest BCUT2D eigenvalue weighted by Gasteiger charge is -2.34. The molecular formula is C22H19FN4O4. The molecule has 2 N–H and O–H groups in total. The van der Waals surface area contributed by atoms with Crippen molar-refractivity contribution in [2.75, 3.05) is 26.2 Å². The molecule has 0 saturated carbocycles. The van der Waals surface area contributed by atoms with Crippen LogP contribution >= 0.6 is 0 Å². The molecule has 0 bridgehead atoms. The number of rotatable bonds is 4. The Labute approximate surface area is 176 Å². The Bertz CT molecular complexity index is 1180. The van der Waals surface area contributed by atoms with Crippen LogP contribution in [0, 0.1) is 5.82 Å². The van der Waals surface area contributed by atoms with Gasteiger partial charge in [-0.1, -0.05) is 23.4 Å². The average Bonchev–Trinajstić information content (AvgIpc) is 3.26. The zero-order chi connectivity index (χ0) is 22.0. The van der Waals surface area contributed by atoms with Crippen molar-refractivity contribution in [3.05, 3.63) is 71.2 Å². The Morgan fingerprint density at radius 2 is 1.68 bits per heavy atom. The SMILES string of the molecule is O=C(C(=O)N1CCN(C(=O)c2ccccc2)CC1)c1c[nH]c2c(/C=N\O)ccc(F)c12. The van der Waals surface area contributed by atoms with E-state index in [0.717, 1.165) is 12.3 Å². The van der Waals surface area contributed by atoms with Gasteiger partial charge < -0.3 is 20.0 Å². The Morgan fingerprint density at radius 1 is 1.00 bits per heavy atom. The molecule has 158 valence electrons. The highest BCUT2D eigenvalue weighted by atomic mass is 19.1. The zero-order valence-corrected chi connectivity index (χ0v) is 16.4. The van der Waals surface area contributed by atoms with Gasteiger partial charge in [0.1, 0.15) is 5.82 Å². The molecule has 0 atom stereocenters. The first-order valence-corrected chi connectivity index (χ1v) is 9.66. The number of hydrogen-bond acceptors (Lipinski definition) is 5. The summed E-state index contributed by atoms with van der Waals surface area (Å²) in [6.45, 7) is 1.00. The van der Waals surface area contributed by atoms with Gasteiger partial charge in [0.25, 0.3) is 17.6 Å². The lowest BCUT2D eigenvalue weighted by molar-refractivity contribution is -0.127. The Kier molecular flexibility index (Phi) is 5.48. The van der Waals surface area contributed by atoms with Crippen LogP contribution in [-0.4, -0.2) is 70.0 Å². The van der Waals surface area contributed by atoms with Gasteiger partial charge in [-0.3, -0.25) is 14.4 Å². The molecule has 3 aromatic rings. The second kappa shape index (κ2) is 8.39. The van der Waals surface area contributed by atoms with Gasteiger partial charge in [-0.2, -0.15) is 0 Å². The quantitative estimate of drug-likeness (QED) is 0.221. The van der Waals surface area contributed by atoms with Gasteiger partial charge in [0.15, 0.2) is 0 Å².